The minimum absolute atomic E-state index is 0.104. The third-order valence-electron chi connectivity index (χ3n) is 2.06. The summed E-state index contributed by atoms with van der Waals surface area (Å²) in [6, 6.07) is 5.51. The van der Waals surface area contributed by atoms with Crippen molar-refractivity contribution >= 4 is 23.0 Å². The van der Waals surface area contributed by atoms with Gasteiger partial charge in [-0.2, -0.15) is 0 Å². The lowest BCUT2D eigenvalue weighted by Crippen LogP contribution is -2.27. The zero-order valence-corrected chi connectivity index (χ0v) is 9.50. The number of likely N-dealkylation sites (N-methyl/N-ethyl adjacent to an activating group) is 1. The van der Waals surface area contributed by atoms with E-state index in [-0.39, 0.29) is 11.6 Å². The van der Waals surface area contributed by atoms with Gasteiger partial charge in [0.1, 0.15) is 10.8 Å². The summed E-state index contributed by atoms with van der Waals surface area (Å²) in [5, 5.41) is 8.89. The predicted molar refractivity (Wildman–Crippen MR) is 65.1 cm³/mol. The van der Waals surface area contributed by atoms with Crippen LogP contribution in [0.25, 0.3) is 0 Å². The van der Waals surface area contributed by atoms with Crippen molar-refractivity contribution in [2.24, 2.45) is 5.73 Å². The molecule has 0 unspecified atom stereocenters. The van der Waals surface area contributed by atoms with E-state index < -0.39 is 0 Å². The van der Waals surface area contributed by atoms with E-state index in [0.717, 1.165) is 12.4 Å². The molecule has 0 saturated carbocycles. The van der Waals surface area contributed by atoms with Crippen LogP contribution in [0.4, 0.5) is 5.82 Å². The van der Waals surface area contributed by atoms with Crippen LogP contribution in [0.3, 0.4) is 0 Å². The fourth-order valence-corrected chi connectivity index (χ4v) is 1.41. The summed E-state index contributed by atoms with van der Waals surface area (Å²) in [6.45, 7) is 3.45. The van der Waals surface area contributed by atoms with Gasteiger partial charge >= 0.3 is 0 Å². The molecule has 0 atom stereocenters. The summed E-state index contributed by atoms with van der Waals surface area (Å²) in [5.41, 5.74) is 6.11. The first-order valence-corrected chi connectivity index (χ1v) is 5.22. The Hall–Kier alpha value is -1.20. The van der Waals surface area contributed by atoms with Crippen LogP contribution in [0.2, 0.25) is 0 Å². The molecule has 0 aliphatic heterocycles. The fourth-order valence-electron chi connectivity index (χ4n) is 1.29. The minimum Gasteiger partial charge on any atom is -0.395 e. The third kappa shape index (κ3) is 3.14. The molecule has 0 spiro atoms. The van der Waals surface area contributed by atoms with Crippen LogP contribution in [0, 0.1) is 0 Å². The van der Waals surface area contributed by atoms with Crippen molar-refractivity contribution in [3.8, 4) is 0 Å². The summed E-state index contributed by atoms with van der Waals surface area (Å²) >= 11 is 4.86. The molecule has 1 rings (SSSR count). The van der Waals surface area contributed by atoms with Crippen LogP contribution in [0.5, 0.6) is 0 Å². The number of anilines is 1. The first kappa shape index (κ1) is 11.9. The summed E-state index contributed by atoms with van der Waals surface area (Å²) in [4.78, 5) is 6.56. The van der Waals surface area contributed by atoms with Crippen LogP contribution < -0.4 is 10.6 Å². The highest BCUT2D eigenvalue weighted by Gasteiger charge is 2.06. The van der Waals surface area contributed by atoms with Crippen molar-refractivity contribution in [3.05, 3.63) is 23.9 Å². The molecule has 0 aliphatic rings. The first-order valence-electron chi connectivity index (χ1n) is 4.81. The van der Waals surface area contributed by atoms with E-state index in [4.69, 9.17) is 23.1 Å². The molecule has 3 N–H and O–H groups in total. The third-order valence-corrected chi connectivity index (χ3v) is 2.27. The maximum Gasteiger partial charge on any atom is 0.129 e. The Labute approximate surface area is 94.7 Å². The molecular formula is C10H15N3OS. The molecule has 15 heavy (non-hydrogen) atoms. The number of aromatic nitrogens is 1. The van der Waals surface area contributed by atoms with Crippen molar-refractivity contribution in [1.29, 1.82) is 0 Å². The molecule has 5 heteroatoms. The van der Waals surface area contributed by atoms with Crippen molar-refractivity contribution in [1.82, 2.24) is 4.98 Å². The van der Waals surface area contributed by atoms with E-state index in [1.165, 1.54) is 0 Å². The highest BCUT2D eigenvalue weighted by atomic mass is 32.1. The van der Waals surface area contributed by atoms with Crippen LogP contribution in [0.1, 0.15) is 12.6 Å². The summed E-state index contributed by atoms with van der Waals surface area (Å²) in [5.74, 6) is 0.789. The van der Waals surface area contributed by atoms with Gasteiger partial charge in [-0.1, -0.05) is 18.3 Å². The van der Waals surface area contributed by atoms with E-state index in [2.05, 4.69) is 4.98 Å². The van der Waals surface area contributed by atoms with Gasteiger partial charge in [0.25, 0.3) is 0 Å². The van der Waals surface area contributed by atoms with Gasteiger partial charge in [-0.05, 0) is 19.1 Å². The second kappa shape index (κ2) is 5.63. The Kier molecular flexibility index (Phi) is 4.45. The number of hydrogen-bond donors (Lipinski definition) is 2. The molecule has 1 aromatic heterocycles. The SMILES string of the molecule is CCN(CCO)c1cccc(C(N)=S)n1. The Morgan fingerprint density at radius 2 is 2.33 bits per heavy atom. The normalized spacial score (nSPS) is 10.0. The average Bonchev–Trinajstić information content (AvgIpc) is 2.26. The van der Waals surface area contributed by atoms with E-state index in [9.17, 15) is 0 Å². The molecule has 0 saturated heterocycles. The quantitative estimate of drug-likeness (QED) is 0.716. The molecule has 0 amide bonds. The first-order chi connectivity index (χ1) is 7.19. The minimum atomic E-state index is 0.104. The largest absolute Gasteiger partial charge is 0.395 e. The lowest BCUT2D eigenvalue weighted by molar-refractivity contribution is 0.302. The standard InChI is InChI=1S/C10H15N3OS/c1-2-13(6-7-14)9-5-3-4-8(12-9)10(11)15/h3-5,14H,2,6-7H2,1H3,(H2,11,15). The molecule has 82 valence electrons. The van der Waals surface area contributed by atoms with Crippen molar-refractivity contribution in [3.63, 3.8) is 0 Å². The van der Waals surface area contributed by atoms with Gasteiger partial charge in [-0.3, -0.25) is 0 Å². The zero-order chi connectivity index (χ0) is 11.3. The van der Waals surface area contributed by atoms with Crippen LogP contribution in [-0.4, -0.2) is 34.8 Å². The summed E-state index contributed by atoms with van der Waals surface area (Å²) in [7, 11) is 0. The molecule has 0 radical (unpaired) electrons. The van der Waals surface area contributed by atoms with Gasteiger partial charge in [0.15, 0.2) is 0 Å². The van der Waals surface area contributed by atoms with Gasteiger partial charge in [-0.25, -0.2) is 4.98 Å². The van der Waals surface area contributed by atoms with Gasteiger partial charge < -0.3 is 15.7 Å². The van der Waals surface area contributed by atoms with Crippen LogP contribution in [0.15, 0.2) is 18.2 Å². The number of aliphatic hydroxyl groups excluding tert-OH is 1. The molecule has 1 aromatic rings. The zero-order valence-electron chi connectivity index (χ0n) is 8.68. The molecule has 0 fully saturated rings. The Morgan fingerprint density at radius 3 is 2.87 bits per heavy atom. The second-order valence-corrected chi connectivity index (χ2v) is 3.49. The molecule has 0 aliphatic carbocycles. The average molecular weight is 225 g/mol. The van der Waals surface area contributed by atoms with E-state index in [1.54, 1.807) is 6.07 Å². The Bertz CT molecular complexity index is 343. The topological polar surface area (TPSA) is 62.4 Å². The fraction of sp³-hybridized carbons (Fsp3) is 0.400. The number of nitrogens with two attached hydrogens (primary N) is 1. The second-order valence-electron chi connectivity index (χ2n) is 3.05. The van der Waals surface area contributed by atoms with E-state index in [1.807, 2.05) is 24.0 Å². The number of rotatable bonds is 5. The maximum atomic E-state index is 8.89. The molecule has 1 heterocycles. The van der Waals surface area contributed by atoms with Crippen LogP contribution >= 0.6 is 12.2 Å². The molecule has 4 nitrogen and oxygen atoms in total. The number of thiocarbonyl (C=S) groups is 1. The van der Waals surface area contributed by atoms with Crippen LogP contribution in [-0.2, 0) is 0 Å². The Morgan fingerprint density at radius 1 is 1.60 bits per heavy atom. The molecular weight excluding hydrogens is 210 g/mol. The maximum absolute atomic E-state index is 8.89. The Balaban J connectivity index is 2.92. The van der Waals surface area contributed by atoms with Gasteiger partial charge in [0.05, 0.1) is 12.3 Å². The monoisotopic (exact) mass is 225 g/mol. The van der Waals surface area contributed by atoms with E-state index in [0.29, 0.717) is 12.2 Å². The number of aliphatic hydroxyl groups is 1. The van der Waals surface area contributed by atoms with Gasteiger partial charge in [-0.15, -0.1) is 0 Å². The van der Waals surface area contributed by atoms with Gasteiger partial charge in [0.2, 0.25) is 0 Å². The predicted octanol–water partition coefficient (Wildman–Crippen LogP) is 0.534. The lowest BCUT2D eigenvalue weighted by atomic mass is 10.3. The summed E-state index contributed by atoms with van der Waals surface area (Å²) in [6.07, 6.45) is 0. The lowest BCUT2D eigenvalue weighted by Gasteiger charge is -2.20. The number of pyridine rings is 1. The number of hydrogen-bond acceptors (Lipinski definition) is 4. The number of nitrogens with zero attached hydrogens (tertiary/aromatic N) is 2. The van der Waals surface area contributed by atoms with Gasteiger partial charge in [0, 0.05) is 13.1 Å². The smallest absolute Gasteiger partial charge is 0.129 e. The molecule has 0 aromatic carbocycles. The highest BCUT2D eigenvalue weighted by Crippen LogP contribution is 2.10. The highest BCUT2D eigenvalue weighted by molar-refractivity contribution is 7.80. The van der Waals surface area contributed by atoms with Crippen molar-refractivity contribution in [2.45, 2.75) is 6.92 Å². The summed E-state index contributed by atoms with van der Waals surface area (Å²) < 4.78 is 0. The van der Waals surface area contributed by atoms with Crippen molar-refractivity contribution in [2.75, 3.05) is 24.6 Å². The van der Waals surface area contributed by atoms with Crippen molar-refractivity contribution < 1.29 is 5.11 Å². The molecule has 0 bridgehead atoms. The van der Waals surface area contributed by atoms with E-state index >= 15 is 0 Å².